The molecule has 142 valence electrons. The first-order valence-corrected chi connectivity index (χ1v) is 9.77. The fourth-order valence-corrected chi connectivity index (χ4v) is 4.41. The molecule has 2 fully saturated rings. The number of piperidine rings is 2. The maximum atomic E-state index is 12.6. The molecule has 26 heavy (non-hydrogen) atoms. The van der Waals surface area contributed by atoms with Crippen LogP contribution in [0, 0.1) is 5.92 Å². The number of nitrogens with one attached hydrogen (secondary N) is 1. The molecule has 4 rings (SSSR count). The number of carbonyl (C=O) groups excluding carboxylic acids is 1. The maximum absolute atomic E-state index is 12.6. The van der Waals surface area contributed by atoms with Crippen molar-refractivity contribution in [2.75, 3.05) is 39.5 Å². The Labute approximate surface area is 154 Å². The molecule has 0 radical (unpaired) electrons. The fourth-order valence-electron chi connectivity index (χ4n) is 4.41. The Balaban J connectivity index is 1.34. The second-order valence-corrected chi connectivity index (χ2v) is 8.11. The molecule has 0 saturated carbocycles. The van der Waals surface area contributed by atoms with Crippen molar-refractivity contribution in [2.24, 2.45) is 5.92 Å². The Morgan fingerprint density at radius 3 is 2.85 bits per heavy atom. The van der Waals surface area contributed by atoms with E-state index < -0.39 is 5.60 Å². The zero-order valence-corrected chi connectivity index (χ0v) is 15.5. The standard InChI is InChI=1S/C20H28N2O4/c1-15-3-2-8-22(12-15)19(23)13-21-9-6-20(24,7-10-21)16-4-5-17-18(11-16)26-14-25-17/h4-5,11,15,24H,2-3,6-10,12-14H2,1H3/p+1/t15-/m0/s1. The summed E-state index contributed by atoms with van der Waals surface area (Å²) in [4.78, 5) is 15.9. The van der Waals surface area contributed by atoms with Crippen molar-refractivity contribution < 1.29 is 24.3 Å². The lowest BCUT2D eigenvalue weighted by Gasteiger charge is -2.37. The van der Waals surface area contributed by atoms with Crippen LogP contribution >= 0.6 is 0 Å². The molecule has 2 saturated heterocycles. The van der Waals surface area contributed by atoms with Gasteiger partial charge in [-0.1, -0.05) is 13.0 Å². The quantitative estimate of drug-likeness (QED) is 0.825. The van der Waals surface area contributed by atoms with Gasteiger partial charge in [0.05, 0.1) is 13.1 Å². The number of ether oxygens (including phenoxy) is 2. The molecule has 3 heterocycles. The van der Waals surface area contributed by atoms with Crippen LogP contribution in [0.2, 0.25) is 0 Å². The Bertz CT molecular complexity index is 670. The van der Waals surface area contributed by atoms with Crippen LogP contribution in [0.4, 0.5) is 0 Å². The first kappa shape index (κ1) is 17.6. The highest BCUT2D eigenvalue weighted by molar-refractivity contribution is 5.77. The average molecular weight is 361 g/mol. The summed E-state index contributed by atoms with van der Waals surface area (Å²) in [6.45, 7) is 6.42. The monoisotopic (exact) mass is 361 g/mol. The molecule has 3 aliphatic rings. The minimum Gasteiger partial charge on any atom is -0.454 e. The number of fused-ring (bicyclic) bond motifs is 1. The van der Waals surface area contributed by atoms with E-state index in [1.807, 2.05) is 23.1 Å². The van der Waals surface area contributed by atoms with Crippen molar-refractivity contribution >= 4 is 5.91 Å². The van der Waals surface area contributed by atoms with Gasteiger partial charge in [-0.3, -0.25) is 4.79 Å². The first-order chi connectivity index (χ1) is 12.5. The highest BCUT2D eigenvalue weighted by Gasteiger charge is 2.38. The zero-order valence-electron chi connectivity index (χ0n) is 15.5. The van der Waals surface area contributed by atoms with E-state index in [2.05, 4.69) is 6.92 Å². The van der Waals surface area contributed by atoms with E-state index in [0.717, 1.165) is 43.9 Å². The minimum atomic E-state index is -0.840. The van der Waals surface area contributed by atoms with E-state index in [4.69, 9.17) is 9.47 Å². The van der Waals surface area contributed by atoms with Crippen LogP contribution in [-0.4, -0.2) is 55.4 Å². The number of benzene rings is 1. The summed E-state index contributed by atoms with van der Waals surface area (Å²) in [5, 5.41) is 11.1. The second-order valence-electron chi connectivity index (χ2n) is 8.11. The molecule has 0 aliphatic carbocycles. The first-order valence-electron chi connectivity index (χ1n) is 9.77. The largest absolute Gasteiger partial charge is 0.454 e. The highest BCUT2D eigenvalue weighted by Crippen LogP contribution is 2.38. The molecule has 1 amide bonds. The molecule has 1 aromatic carbocycles. The smallest absolute Gasteiger partial charge is 0.277 e. The number of hydrogen-bond donors (Lipinski definition) is 2. The minimum absolute atomic E-state index is 0.242. The lowest BCUT2D eigenvalue weighted by molar-refractivity contribution is -0.900. The summed E-state index contributed by atoms with van der Waals surface area (Å²) in [6.07, 6.45) is 3.66. The third-order valence-corrected chi connectivity index (χ3v) is 6.11. The van der Waals surface area contributed by atoms with Crippen molar-refractivity contribution in [1.29, 1.82) is 0 Å². The van der Waals surface area contributed by atoms with E-state index in [0.29, 0.717) is 31.1 Å². The lowest BCUT2D eigenvalue weighted by Crippen LogP contribution is -3.14. The Morgan fingerprint density at radius 1 is 1.31 bits per heavy atom. The van der Waals surface area contributed by atoms with E-state index in [9.17, 15) is 9.90 Å². The van der Waals surface area contributed by atoms with Crippen LogP contribution in [0.3, 0.4) is 0 Å². The molecule has 2 N–H and O–H groups in total. The van der Waals surface area contributed by atoms with Crippen molar-refractivity contribution in [3.63, 3.8) is 0 Å². The van der Waals surface area contributed by atoms with Gasteiger partial charge in [0.2, 0.25) is 6.79 Å². The molecule has 3 aliphatic heterocycles. The van der Waals surface area contributed by atoms with Gasteiger partial charge in [-0.25, -0.2) is 0 Å². The third-order valence-electron chi connectivity index (χ3n) is 6.11. The molecule has 0 unspecified atom stereocenters. The van der Waals surface area contributed by atoms with E-state index in [-0.39, 0.29) is 12.7 Å². The van der Waals surface area contributed by atoms with Gasteiger partial charge < -0.3 is 24.4 Å². The van der Waals surface area contributed by atoms with Crippen LogP contribution in [0.1, 0.15) is 38.2 Å². The van der Waals surface area contributed by atoms with Crippen LogP contribution in [0.25, 0.3) is 0 Å². The molecular weight excluding hydrogens is 332 g/mol. The van der Waals surface area contributed by atoms with Gasteiger partial charge in [-0.05, 0) is 36.5 Å². The van der Waals surface area contributed by atoms with Gasteiger partial charge in [-0.15, -0.1) is 0 Å². The molecule has 0 aromatic heterocycles. The van der Waals surface area contributed by atoms with Crippen molar-refractivity contribution in [2.45, 2.75) is 38.2 Å². The SMILES string of the molecule is C[C@H]1CCCN(C(=O)C[NH+]2CCC(O)(c3ccc4c(c3)OCO4)CC2)C1. The number of nitrogens with zero attached hydrogens (tertiary/aromatic N) is 1. The molecule has 6 heteroatoms. The Hall–Kier alpha value is -1.79. The van der Waals surface area contributed by atoms with Crippen LogP contribution < -0.4 is 14.4 Å². The molecule has 6 nitrogen and oxygen atoms in total. The highest BCUT2D eigenvalue weighted by atomic mass is 16.7. The summed E-state index contributed by atoms with van der Waals surface area (Å²) in [6, 6.07) is 5.70. The summed E-state index contributed by atoms with van der Waals surface area (Å²) < 4.78 is 10.8. The van der Waals surface area contributed by atoms with Crippen molar-refractivity contribution in [3.8, 4) is 11.5 Å². The number of likely N-dealkylation sites (tertiary alicyclic amines) is 2. The van der Waals surface area contributed by atoms with Gasteiger partial charge in [0.15, 0.2) is 18.0 Å². The lowest BCUT2D eigenvalue weighted by atomic mass is 9.84. The summed E-state index contributed by atoms with van der Waals surface area (Å²) in [5.41, 5.74) is 0.0460. The number of amides is 1. The topological polar surface area (TPSA) is 63.4 Å². The normalized spacial score (nSPS) is 31.1. The van der Waals surface area contributed by atoms with Crippen LogP contribution in [0.5, 0.6) is 11.5 Å². The number of quaternary nitrogens is 1. The predicted molar refractivity (Wildman–Crippen MR) is 96.2 cm³/mol. The Morgan fingerprint density at radius 2 is 2.08 bits per heavy atom. The third kappa shape index (κ3) is 3.53. The van der Waals surface area contributed by atoms with Gasteiger partial charge in [0, 0.05) is 25.9 Å². The molecule has 1 aromatic rings. The Kier molecular flexibility index (Phi) is 4.80. The number of carbonyl (C=O) groups is 1. The van der Waals surface area contributed by atoms with Gasteiger partial charge in [0.1, 0.15) is 5.60 Å². The number of aliphatic hydroxyl groups is 1. The van der Waals surface area contributed by atoms with Gasteiger partial charge >= 0.3 is 0 Å². The van der Waals surface area contributed by atoms with E-state index in [1.54, 1.807) is 0 Å². The van der Waals surface area contributed by atoms with E-state index >= 15 is 0 Å². The summed E-state index contributed by atoms with van der Waals surface area (Å²) >= 11 is 0. The predicted octanol–water partition coefficient (Wildman–Crippen LogP) is 0.540. The molecule has 0 spiro atoms. The van der Waals surface area contributed by atoms with Crippen LogP contribution in [0.15, 0.2) is 18.2 Å². The number of hydrogen-bond acceptors (Lipinski definition) is 4. The average Bonchev–Trinajstić information content (AvgIpc) is 3.11. The fraction of sp³-hybridized carbons (Fsp3) is 0.650. The molecular formula is C20H29N2O4+. The van der Waals surface area contributed by atoms with Crippen LogP contribution in [-0.2, 0) is 10.4 Å². The van der Waals surface area contributed by atoms with Gasteiger partial charge in [0.25, 0.3) is 5.91 Å². The molecule has 1 atom stereocenters. The number of rotatable bonds is 3. The van der Waals surface area contributed by atoms with E-state index in [1.165, 1.54) is 11.3 Å². The summed E-state index contributed by atoms with van der Waals surface area (Å²) in [7, 11) is 0. The zero-order chi connectivity index (χ0) is 18.1. The van der Waals surface area contributed by atoms with Gasteiger partial charge in [-0.2, -0.15) is 0 Å². The maximum Gasteiger partial charge on any atom is 0.277 e. The van der Waals surface area contributed by atoms with Crippen molar-refractivity contribution in [3.05, 3.63) is 23.8 Å². The second kappa shape index (κ2) is 7.08. The molecule has 0 bridgehead atoms. The van der Waals surface area contributed by atoms with Crippen molar-refractivity contribution in [1.82, 2.24) is 4.90 Å². The summed E-state index contributed by atoms with van der Waals surface area (Å²) in [5.74, 6) is 2.32.